The summed E-state index contributed by atoms with van der Waals surface area (Å²) in [4.78, 5) is 27.2. The number of nitrogens with zero attached hydrogens (tertiary/aromatic N) is 3. The van der Waals surface area contributed by atoms with Crippen molar-refractivity contribution in [1.82, 2.24) is 9.38 Å². The number of hydrogen-bond acceptors (Lipinski definition) is 6. The first-order valence-electron chi connectivity index (χ1n) is 6.39. The summed E-state index contributed by atoms with van der Waals surface area (Å²) < 4.78 is 7.03. The van der Waals surface area contributed by atoms with Crippen molar-refractivity contribution >= 4 is 22.0 Å². The van der Waals surface area contributed by atoms with Crippen LogP contribution in [0.5, 0.6) is 5.75 Å². The fourth-order valence-electron chi connectivity index (χ4n) is 2.07. The van der Waals surface area contributed by atoms with Crippen LogP contribution in [0.3, 0.4) is 0 Å². The summed E-state index contributed by atoms with van der Waals surface area (Å²) >= 11 is 1.35. The molecule has 0 saturated heterocycles. The number of hydrogen-bond donors (Lipinski definition) is 0. The van der Waals surface area contributed by atoms with Gasteiger partial charge in [0.2, 0.25) is 0 Å². The van der Waals surface area contributed by atoms with E-state index < -0.39 is 4.92 Å². The summed E-state index contributed by atoms with van der Waals surface area (Å²) in [6.45, 7) is 1.70. The first kappa shape index (κ1) is 14.2. The molecule has 0 aliphatic carbocycles. The first-order chi connectivity index (χ1) is 10.6. The van der Waals surface area contributed by atoms with Crippen LogP contribution in [-0.4, -0.2) is 14.3 Å². The topological polar surface area (TPSA) is 86.7 Å². The Bertz CT molecular complexity index is 916. The molecule has 112 valence electrons. The molecule has 0 bridgehead atoms. The lowest BCUT2D eigenvalue weighted by molar-refractivity contribution is -0.385. The molecular weight excluding hydrogens is 306 g/mol. The highest BCUT2D eigenvalue weighted by Gasteiger charge is 2.14. The zero-order chi connectivity index (χ0) is 15.7. The molecule has 0 N–H and O–H groups in total. The molecule has 3 aromatic rings. The van der Waals surface area contributed by atoms with Gasteiger partial charge in [0, 0.05) is 23.7 Å². The van der Waals surface area contributed by atoms with E-state index in [1.807, 2.05) is 0 Å². The molecule has 0 amide bonds. The fourth-order valence-corrected chi connectivity index (χ4v) is 2.81. The van der Waals surface area contributed by atoms with Crippen molar-refractivity contribution < 1.29 is 9.66 Å². The maximum atomic E-state index is 11.9. The van der Waals surface area contributed by atoms with Crippen LogP contribution < -0.4 is 10.3 Å². The Balaban J connectivity index is 1.86. The molecule has 0 radical (unpaired) electrons. The van der Waals surface area contributed by atoms with Crippen LogP contribution in [0.15, 0.2) is 40.6 Å². The van der Waals surface area contributed by atoms with E-state index in [1.165, 1.54) is 27.9 Å². The van der Waals surface area contributed by atoms with E-state index in [1.54, 1.807) is 30.6 Å². The summed E-state index contributed by atoms with van der Waals surface area (Å²) in [5.74, 6) is 0.405. The van der Waals surface area contributed by atoms with Gasteiger partial charge in [-0.15, -0.1) is 11.3 Å². The van der Waals surface area contributed by atoms with Crippen LogP contribution in [-0.2, 0) is 6.61 Å². The van der Waals surface area contributed by atoms with Crippen molar-refractivity contribution in [3.8, 4) is 5.75 Å². The monoisotopic (exact) mass is 317 g/mol. The minimum atomic E-state index is -0.454. The van der Waals surface area contributed by atoms with E-state index in [4.69, 9.17) is 4.74 Å². The van der Waals surface area contributed by atoms with Gasteiger partial charge in [-0.3, -0.25) is 19.3 Å². The molecule has 22 heavy (non-hydrogen) atoms. The number of aromatic nitrogens is 2. The van der Waals surface area contributed by atoms with E-state index in [0.29, 0.717) is 22.0 Å². The lowest BCUT2D eigenvalue weighted by atomic mass is 10.2. The van der Waals surface area contributed by atoms with Gasteiger partial charge in [-0.25, -0.2) is 4.98 Å². The van der Waals surface area contributed by atoms with E-state index in [0.717, 1.165) is 0 Å². The molecule has 7 nitrogen and oxygen atoms in total. The molecule has 3 rings (SSSR count). The molecule has 2 heterocycles. The first-order valence-corrected chi connectivity index (χ1v) is 7.27. The van der Waals surface area contributed by atoms with Gasteiger partial charge < -0.3 is 4.74 Å². The summed E-state index contributed by atoms with van der Waals surface area (Å²) in [5.41, 5.74) is 0.750. The summed E-state index contributed by atoms with van der Waals surface area (Å²) in [6.07, 6.45) is 1.66. The van der Waals surface area contributed by atoms with Crippen molar-refractivity contribution in [2.45, 2.75) is 13.5 Å². The van der Waals surface area contributed by atoms with Crippen molar-refractivity contribution in [3.05, 3.63) is 67.6 Å². The number of thiazole rings is 1. The van der Waals surface area contributed by atoms with Crippen molar-refractivity contribution in [2.75, 3.05) is 0 Å². The van der Waals surface area contributed by atoms with Crippen LogP contribution in [0.25, 0.3) is 4.96 Å². The Morgan fingerprint density at radius 2 is 2.27 bits per heavy atom. The minimum Gasteiger partial charge on any atom is -0.487 e. The van der Waals surface area contributed by atoms with Gasteiger partial charge in [0.25, 0.3) is 11.2 Å². The second-order valence-electron chi connectivity index (χ2n) is 4.59. The van der Waals surface area contributed by atoms with Crippen LogP contribution in [0, 0.1) is 17.0 Å². The van der Waals surface area contributed by atoms with Gasteiger partial charge in [-0.05, 0) is 13.0 Å². The Morgan fingerprint density at radius 1 is 1.45 bits per heavy atom. The minimum absolute atomic E-state index is 0.000706. The van der Waals surface area contributed by atoms with Gasteiger partial charge in [-0.2, -0.15) is 0 Å². The smallest absolute Gasteiger partial charge is 0.276 e. The Kier molecular flexibility index (Phi) is 3.60. The van der Waals surface area contributed by atoms with E-state index in [2.05, 4.69) is 4.98 Å². The molecular formula is C14H11N3O4S. The van der Waals surface area contributed by atoms with Crippen molar-refractivity contribution in [2.24, 2.45) is 0 Å². The maximum Gasteiger partial charge on any atom is 0.276 e. The highest BCUT2D eigenvalue weighted by molar-refractivity contribution is 7.15. The molecule has 8 heteroatoms. The molecule has 0 fully saturated rings. The van der Waals surface area contributed by atoms with Crippen LogP contribution in [0.2, 0.25) is 0 Å². The molecule has 2 aromatic heterocycles. The highest BCUT2D eigenvalue weighted by Crippen LogP contribution is 2.27. The van der Waals surface area contributed by atoms with Gasteiger partial charge in [0.1, 0.15) is 12.4 Å². The number of nitro groups is 1. The fraction of sp³-hybridized carbons (Fsp3) is 0.143. The second kappa shape index (κ2) is 5.57. The third-order valence-electron chi connectivity index (χ3n) is 3.18. The van der Waals surface area contributed by atoms with Crippen LogP contribution >= 0.6 is 11.3 Å². The Labute approximate surface area is 128 Å². The summed E-state index contributed by atoms with van der Waals surface area (Å²) in [6, 6.07) is 6.03. The lowest BCUT2D eigenvalue weighted by Gasteiger charge is -2.08. The molecule has 1 aromatic carbocycles. The largest absolute Gasteiger partial charge is 0.487 e. The second-order valence-corrected chi connectivity index (χ2v) is 5.46. The highest BCUT2D eigenvalue weighted by atomic mass is 32.1. The number of fused-ring (bicyclic) bond motifs is 1. The molecule has 0 atom stereocenters. The molecule has 0 unspecified atom stereocenters. The Hall–Kier alpha value is -2.74. The van der Waals surface area contributed by atoms with Gasteiger partial charge >= 0.3 is 0 Å². The number of rotatable bonds is 4. The quantitative estimate of drug-likeness (QED) is 0.545. The Morgan fingerprint density at radius 3 is 3.05 bits per heavy atom. The predicted molar refractivity (Wildman–Crippen MR) is 81.5 cm³/mol. The van der Waals surface area contributed by atoms with Crippen LogP contribution in [0.1, 0.15) is 11.3 Å². The average Bonchev–Trinajstić information content (AvgIpc) is 2.95. The molecule has 0 saturated carbocycles. The normalized spacial score (nSPS) is 10.8. The van der Waals surface area contributed by atoms with Crippen molar-refractivity contribution in [3.63, 3.8) is 0 Å². The number of ether oxygens (including phenoxy) is 1. The standard InChI is InChI=1S/C14H11N3O4S/c1-9-11(17(19)20)3-2-4-12(9)21-8-10-7-13(18)16-5-6-22-14(16)15-10/h2-7H,8H2,1H3. The van der Waals surface area contributed by atoms with E-state index in [9.17, 15) is 14.9 Å². The average molecular weight is 317 g/mol. The van der Waals surface area contributed by atoms with E-state index in [-0.39, 0.29) is 17.9 Å². The SMILES string of the molecule is Cc1c(OCc2cc(=O)n3ccsc3n2)cccc1[N+](=O)[O-]. The predicted octanol–water partition coefficient (Wildman–Crippen LogP) is 2.55. The van der Waals surface area contributed by atoms with Gasteiger partial charge in [-0.1, -0.05) is 6.07 Å². The molecule has 0 spiro atoms. The number of benzene rings is 1. The zero-order valence-electron chi connectivity index (χ0n) is 11.6. The zero-order valence-corrected chi connectivity index (χ0v) is 12.4. The third-order valence-corrected chi connectivity index (χ3v) is 3.94. The van der Waals surface area contributed by atoms with E-state index >= 15 is 0 Å². The third kappa shape index (κ3) is 2.56. The molecule has 0 aliphatic rings. The maximum absolute atomic E-state index is 11.9. The van der Waals surface area contributed by atoms with Gasteiger partial charge in [0.05, 0.1) is 16.2 Å². The summed E-state index contributed by atoms with van der Waals surface area (Å²) in [7, 11) is 0. The lowest BCUT2D eigenvalue weighted by Crippen LogP contribution is -2.14. The van der Waals surface area contributed by atoms with Crippen molar-refractivity contribution in [1.29, 1.82) is 0 Å². The summed E-state index contributed by atoms with van der Waals surface area (Å²) in [5, 5.41) is 12.7. The number of nitro benzene ring substituents is 1. The van der Waals surface area contributed by atoms with Crippen LogP contribution in [0.4, 0.5) is 5.69 Å². The van der Waals surface area contributed by atoms with Gasteiger partial charge in [0.15, 0.2) is 4.96 Å². The molecule has 0 aliphatic heterocycles.